The van der Waals surface area contributed by atoms with Crippen molar-refractivity contribution in [2.24, 2.45) is 0 Å². The van der Waals surface area contributed by atoms with Crippen LogP contribution >= 0.6 is 0 Å². The SMILES string of the molecule is CCCOc1ccc(OCCC)c(-c2cc(=O)oc3cc(OC)ccc23)c1. The van der Waals surface area contributed by atoms with E-state index in [1.165, 1.54) is 6.07 Å². The van der Waals surface area contributed by atoms with Crippen molar-refractivity contribution < 1.29 is 18.6 Å². The van der Waals surface area contributed by atoms with Crippen molar-refractivity contribution >= 4 is 11.0 Å². The first-order chi connectivity index (χ1) is 13.2. The van der Waals surface area contributed by atoms with E-state index in [9.17, 15) is 4.79 Å². The third-order valence-corrected chi connectivity index (χ3v) is 4.13. The van der Waals surface area contributed by atoms with Crippen LogP contribution in [0, 0.1) is 0 Å². The quantitative estimate of drug-likeness (QED) is 0.521. The molecular formula is C22H24O5. The Morgan fingerprint density at radius 1 is 0.852 bits per heavy atom. The molecule has 2 aromatic carbocycles. The monoisotopic (exact) mass is 368 g/mol. The highest BCUT2D eigenvalue weighted by Gasteiger charge is 2.15. The third-order valence-electron chi connectivity index (χ3n) is 4.13. The average molecular weight is 368 g/mol. The summed E-state index contributed by atoms with van der Waals surface area (Å²) in [4.78, 5) is 12.2. The van der Waals surface area contributed by atoms with Gasteiger partial charge in [-0.15, -0.1) is 0 Å². The van der Waals surface area contributed by atoms with Gasteiger partial charge in [-0.3, -0.25) is 0 Å². The molecule has 0 N–H and O–H groups in total. The fourth-order valence-electron chi connectivity index (χ4n) is 2.86. The zero-order valence-electron chi connectivity index (χ0n) is 15.9. The Morgan fingerprint density at radius 3 is 2.33 bits per heavy atom. The van der Waals surface area contributed by atoms with Crippen molar-refractivity contribution in [1.82, 2.24) is 0 Å². The fourth-order valence-corrected chi connectivity index (χ4v) is 2.86. The Morgan fingerprint density at radius 2 is 1.59 bits per heavy atom. The second-order valence-electron chi connectivity index (χ2n) is 6.20. The van der Waals surface area contributed by atoms with Crippen LogP contribution in [0.15, 0.2) is 51.7 Å². The molecule has 0 unspecified atom stereocenters. The molecule has 0 amide bonds. The summed E-state index contributed by atoms with van der Waals surface area (Å²) in [6, 6.07) is 12.6. The molecule has 0 saturated carbocycles. The topological polar surface area (TPSA) is 57.9 Å². The van der Waals surface area contributed by atoms with Gasteiger partial charge >= 0.3 is 5.63 Å². The van der Waals surface area contributed by atoms with Crippen molar-refractivity contribution in [3.8, 4) is 28.4 Å². The van der Waals surface area contributed by atoms with E-state index in [-0.39, 0.29) is 0 Å². The van der Waals surface area contributed by atoms with Gasteiger partial charge in [0.15, 0.2) is 0 Å². The number of rotatable bonds is 8. The van der Waals surface area contributed by atoms with Gasteiger partial charge in [-0.2, -0.15) is 0 Å². The minimum Gasteiger partial charge on any atom is -0.497 e. The Labute approximate surface area is 158 Å². The molecule has 1 aromatic heterocycles. The van der Waals surface area contributed by atoms with Crippen molar-refractivity contribution in [3.05, 3.63) is 52.9 Å². The largest absolute Gasteiger partial charge is 0.497 e. The highest BCUT2D eigenvalue weighted by Crippen LogP contribution is 2.37. The van der Waals surface area contributed by atoms with Gasteiger partial charge < -0.3 is 18.6 Å². The molecule has 142 valence electrons. The first-order valence-corrected chi connectivity index (χ1v) is 9.18. The van der Waals surface area contributed by atoms with Gasteiger partial charge in [-0.1, -0.05) is 13.8 Å². The lowest BCUT2D eigenvalue weighted by atomic mass is 10.0. The molecule has 0 radical (unpaired) electrons. The summed E-state index contributed by atoms with van der Waals surface area (Å²) in [5.41, 5.74) is 1.60. The van der Waals surface area contributed by atoms with Crippen molar-refractivity contribution in [3.63, 3.8) is 0 Å². The summed E-state index contributed by atoms with van der Waals surface area (Å²) in [7, 11) is 1.58. The van der Waals surface area contributed by atoms with Crippen LogP contribution in [-0.4, -0.2) is 20.3 Å². The number of fused-ring (bicyclic) bond motifs is 1. The van der Waals surface area contributed by atoms with Gasteiger partial charge in [-0.05, 0) is 43.2 Å². The van der Waals surface area contributed by atoms with Gasteiger partial charge in [0.25, 0.3) is 0 Å². The van der Waals surface area contributed by atoms with Crippen molar-refractivity contribution in [2.75, 3.05) is 20.3 Å². The van der Waals surface area contributed by atoms with Crippen LogP contribution in [0.5, 0.6) is 17.2 Å². The van der Waals surface area contributed by atoms with E-state index in [1.54, 1.807) is 13.2 Å². The summed E-state index contributed by atoms with van der Waals surface area (Å²) in [6.45, 7) is 5.33. The standard InChI is InChI=1S/C22H24O5/c1-4-10-25-16-7-9-20(26-11-5-2)19(12-16)18-14-22(23)27-21-13-15(24-3)6-8-17(18)21/h6-9,12-14H,4-5,10-11H2,1-3H3. The number of hydrogen-bond donors (Lipinski definition) is 0. The highest BCUT2D eigenvalue weighted by molar-refractivity contribution is 5.95. The van der Waals surface area contributed by atoms with Crippen LogP contribution in [0.25, 0.3) is 22.1 Å². The lowest BCUT2D eigenvalue weighted by Gasteiger charge is -2.15. The summed E-state index contributed by atoms with van der Waals surface area (Å²) < 4.78 is 22.3. The summed E-state index contributed by atoms with van der Waals surface area (Å²) in [6.07, 6.45) is 1.81. The predicted octanol–water partition coefficient (Wildman–Crippen LogP) is 5.05. The molecule has 0 saturated heterocycles. The van der Waals surface area contributed by atoms with E-state index < -0.39 is 5.63 Å². The second kappa shape index (κ2) is 8.62. The smallest absolute Gasteiger partial charge is 0.336 e. The van der Waals surface area contributed by atoms with E-state index in [4.69, 9.17) is 18.6 Å². The molecule has 0 aliphatic rings. The molecule has 0 spiro atoms. The zero-order chi connectivity index (χ0) is 19.2. The van der Waals surface area contributed by atoms with Crippen LogP contribution in [0.2, 0.25) is 0 Å². The fraction of sp³-hybridized carbons (Fsp3) is 0.318. The van der Waals surface area contributed by atoms with Gasteiger partial charge in [0.1, 0.15) is 22.8 Å². The van der Waals surface area contributed by atoms with Gasteiger partial charge in [-0.25, -0.2) is 4.79 Å². The third kappa shape index (κ3) is 4.25. The maximum Gasteiger partial charge on any atom is 0.336 e. The van der Waals surface area contributed by atoms with Gasteiger partial charge in [0, 0.05) is 28.6 Å². The van der Waals surface area contributed by atoms with Gasteiger partial charge in [0.2, 0.25) is 0 Å². The lowest BCUT2D eigenvalue weighted by molar-refractivity contribution is 0.309. The van der Waals surface area contributed by atoms with Crippen LogP contribution in [-0.2, 0) is 0 Å². The highest BCUT2D eigenvalue weighted by atomic mass is 16.5. The molecule has 27 heavy (non-hydrogen) atoms. The lowest BCUT2D eigenvalue weighted by Crippen LogP contribution is -2.02. The minimum absolute atomic E-state index is 0.424. The maximum atomic E-state index is 12.2. The van der Waals surface area contributed by atoms with Crippen LogP contribution in [0.4, 0.5) is 0 Å². The molecule has 5 nitrogen and oxygen atoms in total. The minimum atomic E-state index is -0.424. The molecule has 1 heterocycles. The molecule has 5 heteroatoms. The van der Waals surface area contributed by atoms with E-state index in [2.05, 4.69) is 13.8 Å². The summed E-state index contributed by atoms with van der Waals surface area (Å²) in [5.74, 6) is 2.08. The van der Waals surface area contributed by atoms with Crippen LogP contribution in [0.1, 0.15) is 26.7 Å². The van der Waals surface area contributed by atoms with Crippen molar-refractivity contribution in [1.29, 1.82) is 0 Å². The first-order valence-electron chi connectivity index (χ1n) is 9.18. The number of hydrogen-bond acceptors (Lipinski definition) is 5. The molecule has 3 rings (SSSR count). The Balaban J connectivity index is 2.19. The number of methoxy groups -OCH3 is 1. The molecule has 0 bridgehead atoms. The predicted molar refractivity (Wildman–Crippen MR) is 106 cm³/mol. The molecule has 0 atom stereocenters. The second-order valence-corrected chi connectivity index (χ2v) is 6.20. The first kappa shape index (κ1) is 18.8. The zero-order valence-corrected chi connectivity index (χ0v) is 15.9. The van der Waals surface area contributed by atoms with Gasteiger partial charge in [0.05, 0.1) is 20.3 Å². The maximum absolute atomic E-state index is 12.2. The van der Waals surface area contributed by atoms with E-state index in [1.807, 2.05) is 30.3 Å². The van der Waals surface area contributed by atoms with Crippen molar-refractivity contribution in [2.45, 2.75) is 26.7 Å². The molecule has 0 aliphatic carbocycles. The molecule has 0 aliphatic heterocycles. The van der Waals surface area contributed by atoms with Crippen LogP contribution in [0.3, 0.4) is 0 Å². The number of benzene rings is 2. The number of ether oxygens (including phenoxy) is 3. The molecular weight excluding hydrogens is 344 g/mol. The van der Waals surface area contributed by atoms with Crippen LogP contribution < -0.4 is 19.8 Å². The van der Waals surface area contributed by atoms with E-state index in [0.29, 0.717) is 30.3 Å². The summed E-state index contributed by atoms with van der Waals surface area (Å²) >= 11 is 0. The summed E-state index contributed by atoms with van der Waals surface area (Å²) in [5, 5.41) is 0.810. The average Bonchev–Trinajstić information content (AvgIpc) is 2.69. The molecule has 0 fully saturated rings. The Kier molecular flexibility index (Phi) is 6.01. The Hall–Kier alpha value is -2.95. The van der Waals surface area contributed by atoms with E-state index >= 15 is 0 Å². The van der Waals surface area contributed by atoms with E-state index in [0.717, 1.165) is 35.1 Å². The normalized spacial score (nSPS) is 10.8. The Bertz CT molecular complexity index is 974. The molecule has 3 aromatic rings.